The lowest BCUT2D eigenvalue weighted by molar-refractivity contribution is 0.651. The van der Waals surface area contributed by atoms with E-state index in [4.69, 9.17) is 5.73 Å². The molecule has 1 unspecified atom stereocenters. The summed E-state index contributed by atoms with van der Waals surface area (Å²) in [6, 6.07) is 0.280. The largest absolute Gasteiger partial charge is 0.327 e. The van der Waals surface area contributed by atoms with Crippen molar-refractivity contribution in [2.45, 2.75) is 25.8 Å². The molecule has 1 rings (SSSR count). The Bertz CT molecular complexity index is 224. The molecule has 1 atom stereocenters. The summed E-state index contributed by atoms with van der Waals surface area (Å²) in [6.45, 7) is 2.10. The van der Waals surface area contributed by atoms with Crippen LogP contribution in [0.5, 0.6) is 0 Å². The molecule has 0 aliphatic rings. The van der Waals surface area contributed by atoms with E-state index in [-0.39, 0.29) is 6.04 Å². The van der Waals surface area contributed by atoms with Crippen LogP contribution in [0.25, 0.3) is 0 Å². The molecule has 2 N–H and O–H groups in total. The Balaban J connectivity index is 2.50. The molecule has 0 amide bonds. The van der Waals surface area contributed by atoms with E-state index in [1.807, 2.05) is 6.20 Å². The minimum absolute atomic E-state index is 0.280. The van der Waals surface area contributed by atoms with Crippen LogP contribution < -0.4 is 5.73 Å². The van der Waals surface area contributed by atoms with Crippen LogP contribution in [0.3, 0.4) is 0 Å². The van der Waals surface area contributed by atoms with Crippen LogP contribution in [-0.2, 0) is 6.42 Å². The zero-order chi connectivity index (χ0) is 8.27. The second-order valence-electron chi connectivity index (χ2n) is 2.45. The van der Waals surface area contributed by atoms with Gasteiger partial charge in [-0.15, -0.1) is 11.3 Å². The van der Waals surface area contributed by atoms with E-state index in [9.17, 15) is 0 Å². The molecule has 11 heavy (non-hydrogen) atoms. The maximum Gasteiger partial charge on any atom is 0.159 e. The number of hydrogen-bond donors (Lipinski definition) is 1. The van der Waals surface area contributed by atoms with Crippen molar-refractivity contribution in [3.05, 3.63) is 15.0 Å². The molecule has 0 saturated heterocycles. The molecule has 0 saturated carbocycles. The fourth-order valence-electron chi connectivity index (χ4n) is 0.781. The molecule has 62 valence electrons. The van der Waals surface area contributed by atoms with Gasteiger partial charge in [0.05, 0.1) is 0 Å². The van der Waals surface area contributed by atoms with Crippen LogP contribution in [0.4, 0.5) is 0 Å². The van der Waals surface area contributed by atoms with Gasteiger partial charge in [-0.25, -0.2) is 4.98 Å². The number of thiazole rings is 1. The Kier molecular flexibility index (Phi) is 3.48. The molecule has 0 bridgehead atoms. The lowest BCUT2D eigenvalue weighted by Crippen LogP contribution is -2.20. The topological polar surface area (TPSA) is 38.9 Å². The molecule has 0 fully saturated rings. The summed E-state index contributed by atoms with van der Waals surface area (Å²) in [4.78, 5) is 5.34. The monoisotopic (exact) mass is 234 g/mol. The second-order valence-corrected chi connectivity index (χ2v) is 4.84. The normalized spacial score (nSPS) is 13.4. The maximum absolute atomic E-state index is 5.78. The van der Waals surface area contributed by atoms with Gasteiger partial charge >= 0.3 is 0 Å². The van der Waals surface area contributed by atoms with Crippen LogP contribution in [0.15, 0.2) is 10.1 Å². The van der Waals surface area contributed by atoms with Crippen molar-refractivity contribution in [3.63, 3.8) is 0 Å². The van der Waals surface area contributed by atoms with Gasteiger partial charge in [0.25, 0.3) is 0 Å². The van der Waals surface area contributed by atoms with Crippen molar-refractivity contribution in [3.8, 4) is 0 Å². The highest BCUT2D eigenvalue weighted by Crippen LogP contribution is 2.19. The Morgan fingerprint density at radius 3 is 3.00 bits per heavy atom. The molecular weight excluding hydrogens is 224 g/mol. The van der Waals surface area contributed by atoms with Gasteiger partial charge in [-0.1, -0.05) is 6.92 Å². The first kappa shape index (κ1) is 9.16. The number of rotatable bonds is 3. The van der Waals surface area contributed by atoms with Crippen molar-refractivity contribution >= 4 is 27.3 Å². The highest BCUT2D eigenvalue weighted by molar-refractivity contribution is 9.11. The fraction of sp³-hybridized carbons (Fsp3) is 0.571. The Hall–Kier alpha value is 0.0700. The summed E-state index contributed by atoms with van der Waals surface area (Å²) in [5, 5.41) is 0. The number of nitrogens with two attached hydrogens (primary N) is 1. The third-order valence-electron chi connectivity index (χ3n) is 1.51. The van der Waals surface area contributed by atoms with Crippen LogP contribution in [0.1, 0.15) is 18.2 Å². The van der Waals surface area contributed by atoms with E-state index in [0.717, 1.165) is 16.8 Å². The summed E-state index contributed by atoms with van der Waals surface area (Å²) in [7, 11) is 0. The van der Waals surface area contributed by atoms with Gasteiger partial charge in [0.2, 0.25) is 0 Å². The van der Waals surface area contributed by atoms with Gasteiger partial charge in [0.1, 0.15) is 0 Å². The van der Waals surface area contributed by atoms with Crippen LogP contribution in [-0.4, -0.2) is 11.0 Å². The Morgan fingerprint density at radius 2 is 2.55 bits per heavy atom. The Labute approximate surface area is 79.0 Å². The van der Waals surface area contributed by atoms with E-state index in [2.05, 4.69) is 27.8 Å². The molecule has 2 nitrogen and oxygen atoms in total. The van der Waals surface area contributed by atoms with Gasteiger partial charge < -0.3 is 5.73 Å². The van der Waals surface area contributed by atoms with Crippen LogP contribution in [0, 0.1) is 0 Å². The third-order valence-corrected chi connectivity index (χ3v) is 3.01. The summed E-state index contributed by atoms with van der Waals surface area (Å²) in [6.07, 6.45) is 3.85. The first-order chi connectivity index (χ1) is 5.22. The second kappa shape index (κ2) is 4.18. The molecule has 0 aromatic carbocycles. The van der Waals surface area contributed by atoms with E-state index in [0.29, 0.717) is 0 Å². The van der Waals surface area contributed by atoms with Crippen molar-refractivity contribution in [2.24, 2.45) is 5.73 Å². The molecule has 1 aromatic heterocycles. The molecule has 0 aliphatic heterocycles. The lowest BCUT2D eigenvalue weighted by atomic mass is 10.1. The smallest absolute Gasteiger partial charge is 0.159 e. The molecule has 0 radical (unpaired) electrons. The molecular formula is C7H11BrN2S. The quantitative estimate of drug-likeness (QED) is 0.872. The standard InChI is InChI=1S/C7H11BrN2S/c1-2-5(9)3-6-4-10-7(8)11-6/h4-5H,2-3,9H2,1H3. The fourth-order valence-corrected chi connectivity index (χ4v) is 2.23. The zero-order valence-electron chi connectivity index (χ0n) is 6.38. The van der Waals surface area contributed by atoms with Crippen LogP contribution >= 0.6 is 27.3 Å². The minimum Gasteiger partial charge on any atom is -0.327 e. The predicted octanol–water partition coefficient (Wildman–Crippen LogP) is 2.19. The summed E-state index contributed by atoms with van der Waals surface area (Å²) < 4.78 is 0.941. The molecule has 0 aliphatic carbocycles. The highest BCUT2D eigenvalue weighted by Gasteiger charge is 2.03. The first-order valence-corrected chi connectivity index (χ1v) is 5.19. The molecule has 1 heterocycles. The highest BCUT2D eigenvalue weighted by atomic mass is 79.9. The van der Waals surface area contributed by atoms with E-state index in [1.54, 1.807) is 11.3 Å². The average Bonchev–Trinajstić information content (AvgIpc) is 2.35. The minimum atomic E-state index is 0.280. The van der Waals surface area contributed by atoms with Crippen molar-refractivity contribution in [1.82, 2.24) is 4.98 Å². The summed E-state index contributed by atoms with van der Waals surface area (Å²) in [5.74, 6) is 0. The maximum atomic E-state index is 5.78. The van der Waals surface area contributed by atoms with Crippen LogP contribution in [0.2, 0.25) is 0 Å². The van der Waals surface area contributed by atoms with Crippen molar-refractivity contribution in [1.29, 1.82) is 0 Å². The van der Waals surface area contributed by atoms with Crippen molar-refractivity contribution in [2.75, 3.05) is 0 Å². The van der Waals surface area contributed by atoms with E-state index in [1.165, 1.54) is 4.88 Å². The molecule has 0 spiro atoms. The number of nitrogens with zero attached hydrogens (tertiary/aromatic N) is 1. The molecule has 4 heteroatoms. The summed E-state index contributed by atoms with van der Waals surface area (Å²) in [5.41, 5.74) is 5.78. The lowest BCUT2D eigenvalue weighted by Gasteiger charge is -2.04. The molecule has 1 aromatic rings. The van der Waals surface area contributed by atoms with Gasteiger partial charge in [0, 0.05) is 17.1 Å². The van der Waals surface area contributed by atoms with Gasteiger partial charge in [-0.2, -0.15) is 0 Å². The first-order valence-electron chi connectivity index (χ1n) is 3.58. The number of hydrogen-bond acceptors (Lipinski definition) is 3. The van der Waals surface area contributed by atoms with Gasteiger partial charge in [-0.05, 0) is 28.8 Å². The predicted molar refractivity (Wildman–Crippen MR) is 51.8 cm³/mol. The SMILES string of the molecule is CCC(N)Cc1cnc(Br)s1. The zero-order valence-corrected chi connectivity index (χ0v) is 8.78. The number of aromatic nitrogens is 1. The average molecular weight is 235 g/mol. The van der Waals surface area contributed by atoms with Crippen molar-refractivity contribution < 1.29 is 0 Å². The third kappa shape index (κ3) is 2.89. The summed E-state index contributed by atoms with van der Waals surface area (Å²) >= 11 is 4.97. The van der Waals surface area contributed by atoms with Gasteiger partial charge in [-0.3, -0.25) is 0 Å². The number of halogens is 1. The van der Waals surface area contributed by atoms with E-state index < -0.39 is 0 Å². The van der Waals surface area contributed by atoms with E-state index >= 15 is 0 Å². The van der Waals surface area contributed by atoms with Gasteiger partial charge in [0.15, 0.2) is 3.92 Å². The Morgan fingerprint density at radius 1 is 1.82 bits per heavy atom.